The standard InChI is InChI=1S/C19H13Cl3F3N3O2/c1-2-12-15(9-3-5-11(20)6-4-9)28(18(26)29)27-17(12)30-16-13(21)7-10(8-14(16)22)19(23,24)25/h3-8H,2H2,1H3,(H2,26,29). The molecule has 30 heavy (non-hydrogen) atoms. The summed E-state index contributed by atoms with van der Waals surface area (Å²) in [5.41, 5.74) is 5.84. The molecule has 1 amide bonds. The van der Waals surface area contributed by atoms with Gasteiger partial charge in [-0.1, -0.05) is 53.9 Å². The van der Waals surface area contributed by atoms with E-state index >= 15 is 0 Å². The zero-order valence-corrected chi connectivity index (χ0v) is 17.5. The summed E-state index contributed by atoms with van der Waals surface area (Å²) >= 11 is 17.9. The number of nitrogens with zero attached hydrogens (tertiary/aromatic N) is 2. The summed E-state index contributed by atoms with van der Waals surface area (Å²) in [4.78, 5) is 11.9. The number of primary amides is 1. The summed E-state index contributed by atoms with van der Waals surface area (Å²) in [6, 6.07) is 7.09. The van der Waals surface area contributed by atoms with E-state index in [4.69, 9.17) is 45.3 Å². The zero-order chi connectivity index (χ0) is 22.2. The molecule has 2 N–H and O–H groups in total. The predicted octanol–water partition coefficient (Wildman–Crippen LogP) is 6.81. The molecule has 5 nitrogen and oxygen atoms in total. The van der Waals surface area contributed by atoms with E-state index in [0.29, 0.717) is 40.4 Å². The zero-order valence-electron chi connectivity index (χ0n) is 15.2. The molecule has 3 aromatic rings. The van der Waals surface area contributed by atoms with Gasteiger partial charge in [0.15, 0.2) is 5.75 Å². The quantitative estimate of drug-likeness (QED) is 0.448. The number of nitrogens with two attached hydrogens (primary N) is 1. The third-order valence-corrected chi connectivity index (χ3v) is 4.96. The van der Waals surface area contributed by atoms with Crippen LogP contribution in [0.4, 0.5) is 18.0 Å². The van der Waals surface area contributed by atoms with Crippen LogP contribution in [-0.4, -0.2) is 15.8 Å². The highest BCUT2D eigenvalue weighted by Crippen LogP contribution is 2.43. The first-order valence-corrected chi connectivity index (χ1v) is 9.58. The van der Waals surface area contributed by atoms with Crippen LogP contribution in [0.1, 0.15) is 18.1 Å². The third kappa shape index (κ3) is 4.35. The van der Waals surface area contributed by atoms with Crippen molar-refractivity contribution in [1.29, 1.82) is 0 Å². The van der Waals surface area contributed by atoms with Gasteiger partial charge in [0, 0.05) is 16.1 Å². The van der Waals surface area contributed by atoms with Gasteiger partial charge in [-0.2, -0.15) is 17.9 Å². The van der Waals surface area contributed by atoms with Crippen LogP contribution in [0, 0.1) is 0 Å². The molecule has 0 saturated heterocycles. The van der Waals surface area contributed by atoms with Gasteiger partial charge in [-0.15, -0.1) is 5.10 Å². The lowest BCUT2D eigenvalue weighted by Gasteiger charge is -2.12. The van der Waals surface area contributed by atoms with Crippen LogP contribution >= 0.6 is 34.8 Å². The molecule has 2 aromatic carbocycles. The number of carbonyl (C=O) groups is 1. The summed E-state index contributed by atoms with van der Waals surface area (Å²) < 4.78 is 45.4. The molecule has 0 aliphatic rings. The van der Waals surface area contributed by atoms with Gasteiger partial charge in [-0.3, -0.25) is 0 Å². The summed E-state index contributed by atoms with van der Waals surface area (Å²) in [7, 11) is 0. The molecule has 0 aliphatic heterocycles. The highest BCUT2D eigenvalue weighted by molar-refractivity contribution is 6.37. The van der Waals surface area contributed by atoms with Gasteiger partial charge < -0.3 is 10.5 Å². The van der Waals surface area contributed by atoms with Crippen molar-refractivity contribution >= 4 is 40.8 Å². The fraction of sp³-hybridized carbons (Fsp3) is 0.158. The summed E-state index contributed by atoms with van der Waals surface area (Å²) in [6.45, 7) is 1.78. The topological polar surface area (TPSA) is 70.1 Å². The van der Waals surface area contributed by atoms with Crippen LogP contribution in [0.15, 0.2) is 36.4 Å². The van der Waals surface area contributed by atoms with Gasteiger partial charge in [-0.25, -0.2) is 4.79 Å². The number of amides is 1. The number of hydrogen-bond donors (Lipinski definition) is 1. The smallest absolute Gasteiger partial charge is 0.416 e. The SMILES string of the molecule is CCc1c(Oc2c(Cl)cc(C(F)(F)F)cc2Cl)nn(C(N)=O)c1-c1ccc(Cl)cc1. The van der Waals surface area contributed by atoms with Crippen LogP contribution in [0.5, 0.6) is 11.6 Å². The van der Waals surface area contributed by atoms with Crippen molar-refractivity contribution in [2.24, 2.45) is 5.73 Å². The number of rotatable bonds is 4. The van der Waals surface area contributed by atoms with Gasteiger partial charge in [-0.05, 0) is 30.7 Å². The number of benzene rings is 2. The average Bonchev–Trinajstić information content (AvgIpc) is 3.03. The molecule has 0 aliphatic carbocycles. The Morgan fingerprint density at radius 2 is 1.70 bits per heavy atom. The molecule has 0 unspecified atom stereocenters. The Kier molecular flexibility index (Phi) is 6.21. The molecular weight excluding hydrogens is 466 g/mol. The minimum atomic E-state index is -4.63. The molecule has 0 fully saturated rings. The minimum Gasteiger partial charge on any atom is -0.434 e. The normalized spacial score (nSPS) is 11.6. The summed E-state index contributed by atoms with van der Waals surface area (Å²) in [5.74, 6) is -0.289. The van der Waals surface area contributed by atoms with E-state index in [9.17, 15) is 18.0 Å². The van der Waals surface area contributed by atoms with Crippen molar-refractivity contribution in [3.8, 4) is 22.9 Å². The number of alkyl halides is 3. The maximum Gasteiger partial charge on any atom is 0.416 e. The molecule has 0 bridgehead atoms. The predicted molar refractivity (Wildman–Crippen MR) is 109 cm³/mol. The largest absolute Gasteiger partial charge is 0.434 e. The molecule has 0 radical (unpaired) electrons. The first-order valence-electron chi connectivity index (χ1n) is 8.44. The summed E-state index contributed by atoms with van der Waals surface area (Å²) in [5, 5.41) is 3.84. The maximum atomic E-state index is 13.0. The van der Waals surface area contributed by atoms with Crippen molar-refractivity contribution in [3.05, 3.63) is 62.6 Å². The molecule has 1 heterocycles. The van der Waals surface area contributed by atoms with E-state index in [1.807, 2.05) is 0 Å². The Morgan fingerprint density at radius 3 is 2.17 bits per heavy atom. The summed E-state index contributed by atoms with van der Waals surface area (Å²) in [6.07, 6.45) is -4.27. The lowest BCUT2D eigenvalue weighted by atomic mass is 10.1. The van der Waals surface area contributed by atoms with Crippen LogP contribution in [0.3, 0.4) is 0 Å². The lowest BCUT2D eigenvalue weighted by Crippen LogP contribution is -2.21. The van der Waals surface area contributed by atoms with Crippen LogP contribution in [-0.2, 0) is 12.6 Å². The van der Waals surface area contributed by atoms with Gasteiger partial charge >= 0.3 is 12.2 Å². The van der Waals surface area contributed by atoms with Crippen LogP contribution in [0.2, 0.25) is 15.1 Å². The van der Waals surface area contributed by atoms with E-state index < -0.39 is 17.8 Å². The first kappa shape index (κ1) is 22.3. The van der Waals surface area contributed by atoms with E-state index in [2.05, 4.69) is 5.10 Å². The average molecular weight is 479 g/mol. The molecule has 0 atom stereocenters. The second kappa shape index (κ2) is 8.37. The molecule has 158 valence electrons. The molecule has 0 spiro atoms. The van der Waals surface area contributed by atoms with Gasteiger partial charge in [0.2, 0.25) is 5.88 Å². The Bertz CT molecular complexity index is 1090. The number of ether oxygens (including phenoxy) is 1. The van der Waals surface area contributed by atoms with Crippen molar-refractivity contribution < 1.29 is 22.7 Å². The number of carbonyl (C=O) groups excluding carboxylic acids is 1. The fourth-order valence-corrected chi connectivity index (χ4v) is 3.50. The van der Waals surface area contributed by atoms with E-state index in [1.54, 1.807) is 31.2 Å². The number of hydrogen-bond acceptors (Lipinski definition) is 3. The van der Waals surface area contributed by atoms with Crippen LogP contribution < -0.4 is 10.5 Å². The first-order chi connectivity index (χ1) is 14.0. The van der Waals surface area contributed by atoms with Crippen molar-refractivity contribution in [1.82, 2.24) is 9.78 Å². The van der Waals surface area contributed by atoms with Crippen molar-refractivity contribution in [3.63, 3.8) is 0 Å². The molecule has 1 aromatic heterocycles. The Morgan fingerprint density at radius 1 is 1.13 bits per heavy atom. The highest BCUT2D eigenvalue weighted by Gasteiger charge is 2.33. The molecule has 3 rings (SSSR count). The van der Waals surface area contributed by atoms with Gasteiger partial charge in [0.05, 0.1) is 21.3 Å². The van der Waals surface area contributed by atoms with Crippen molar-refractivity contribution in [2.75, 3.05) is 0 Å². The molecular formula is C19H13Cl3F3N3O2. The number of halogens is 6. The minimum absolute atomic E-state index is 0.0650. The van der Waals surface area contributed by atoms with E-state index in [-0.39, 0.29) is 21.7 Å². The van der Waals surface area contributed by atoms with E-state index in [0.717, 1.165) is 4.68 Å². The van der Waals surface area contributed by atoms with Crippen molar-refractivity contribution in [2.45, 2.75) is 19.5 Å². The maximum absolute atomic E-state index is 13.0. The van der Waals surface area contributed by atoms with Crippen LogP contribution in [0.25, 0.3) is 11.3 Å². The fourth-order valence-electron chi connectivity index (χ4n) is 2.81. The monoisotopic (exact) mass is 477 g/mol. The molecule has 0 saturated carbocycles. The lowest BCUT2D eigenvalue weighted by molar-refractivity contribution is -0.137. The second-order valence-electron chi connectivity index (χ2n) is 6.11. The molecule has 11 heteroatoms. The van der Waals surface area contributed by atoms with E-state index in [1.165, 1.54) is 0 Å². The second-order valence-corrected chi connectivity index (χ2v) is 7.36. The Labute approximate surface area is 184 Å². The Balaban J connectivity index is 2.13. The number of aromatic nitrogens is 2. The Hall–Kier alpha value is -2.42. The van der Waals surface area contributed by atoms with Gasteiger partial charge in [0.1, 0.15) is 0 Å². The van der Waals surface area contributed by atoms with Gasteiger partial charge in [0.25, 0.3) is 0 Å². The third-order valence-electron chi connectivity index (χ3n) is 4.15. The highest BCUT2D eigenvalue weighted by atomic mass is 35.5.